The molecule has 0 aliphatic heterocycles. The first-order chi connectivity index (χ1) is 15.6. The van der Waals surface area contributed by atoms with Crippen molar-refractivity contribution >= 4 is 23.4 Å². The number of hydrogen-bond donors (Lipinski definition) is 0. The molecule has 0 unspecified atom stereocenters. The zero-order valence-electron chi connectivity index (χ0n) is 18.1. The van der Waals surface area contributed by atoms with Crippen LogP contribution in [0.15, 0.2) is 96.2 Å². The van der Waals surface area contributed by atoms with Gasteiger partial charge in [-0.15, -0.1) is 10.2 Å². The molecule has 4 rings (SSSR count). The van der Waals surface area contributed by atoms with Crippen LogP contribution < -0.4 is 4.90 Å². The molecule has 0 radical (unpaired) electrons. The molecular formula is C26H24N4OS. The fraction of sp³-hybridized carbons (Fsp3) is 0.154. The van der Waals surface area contributed by atoms with E-state index in [4.69, 9.17) is 4.98 Å². The highest BCUT2D eigenvalue weighted by Gasteiger charge is 2.20. The van der Waals surface area contributed by atoms with E-state index in [0.29, 0.717) is 5.16 Å². The van der Waals surface area contributed by atoms with Gasteiger partial charge >= 0.3 is 0 Å². The number of amides is 1. The molecule has 4 aromatic rings. The summed E-state index contributed by atoms with van der Waals surface area (Å²) in [6.45, 7) is 4.02. The van der Waals surface area contributed by atoms with Gasteiger partial charge in [0.1, 0.15) is 11.4 Å². The summed E-state index contributed by atoms with van der Waals surface area (Å²) >= 11 is 1.31. The number of benzene rings is 3. The molecule has 0 saturated heterocycles. The minimum absolute atomic E-state index is 0.00759. The Morgan fingerprint density at radius 1 is 0.781 bits per heavy atom. The third-order valence-corrected chi connectivity index (χ3v) is 5.73. The molecular weight excluding hydrogens is 416 g/mol. The molecule has 0 bridgehead atoms. The lowest BCUT2D eigenvalue weighted by Crippen LogP contribution is -2.38. The van der Waals surface area contributed by atoms with Crippen molar-refractivity contribution in [1.82, 2.24) is 15.2 Å². The van der Waals surface area contributed by atoms with Crippen molar-refractivity contribution in [2.75, 3.05) is 10.7 Å². The number of rotatable bonds is 7. The summed E-state index contributed by atoms with van der Waals surface area (Å²) in [7, 11) is 0. The Hall–Kier alpha value is -3.51. The summed E-state index contributed by atoms with van der Waals surface area (Å²) < 4.78 is 0. The molecule has 32 heavy (non-hydrogen) atoms. The zero-order valence-corrected chi connectivity index (χ0v) is 18.9. The number of anilines is 1. The Kier molecular flexibility index (Phi) is 6.92. The summed E-state index contributed by atoms with van der Waals surface area (Å²) in [5.74, 6) is 0.237. The van der Waals surface area contributed by atoms with Crippen LogP contribution in [0.1, 0.15) is 13.8 Å². The molecule has 0 N–H and O–H groups in total. The number of hydrogen-bond acceptors (Lipinski definition) is 5. The van der Waals surface area contributed by atoms with Gasteiger partial charge in [0, 0.05) is 22.9 Å². The first kappa shape index (κ1) is 21.7. The predicted octanol–water partition coefficient (Wildman–Crippen LogP) is 5.74. The van der Waals surface area contributed by atoms with Crippen LogP contribution >= 0.6 is 11.8 Å². The van der Waals surface area contributed by atoms with E-state index in [-0.39, 0.29) is 17.7 Å². The Balaban J connectivity index is 1.60. The van der Waals surface area contributed by atoms with Gasteiger partial charge in [-0.2, -0.15) is 0 Å². The Morgan fingerprint density at radius 2 is 1.31 bits per heavy atom. The van der Waals surface area contributed by atoms with E-state index in [1.54, 1.807) is 4.90 Å². The summed E-state index contributed by atoms with van der Waals surface area (Å²) in [5, 5.41) is 9.28. The maximum absolute atomic E-state index is 13.0. The highest BCUT2D eigenvalue weighted by molar-refractivity contribution is 7.99. The Labute approximate surface area is 192 Å². The molecule has 0 aliphatic carbocycles. The van der Waals surface area contributed by atoms with Crippen LogP contribution in [0.5, 0.6) is 0 Å². The SMILES string of the molecule is CC(C)N(C(=O)CSc1nnc(-c2ccccc2)c(-c2ccccc2)n1)c1ccccc1. The fourth-order valence-electron chi connectivity index (χ4n) is 3.47. The van der Waals surface area contributed by atoms with Crippen molar-refractivity contribution in [1.29, 1.82) is 0 Å². The van der Waals surface area contributed by atoms with Gasteiger partial charge in [-0.05, 0) is 26.0 Å². The highest BCUT2D eigenvalue weighted by Crippen LogP contribution is 2.30. The largest absolute Gasteiger partial charge is 0.309 e. The van der Waals surface area contributed by atoms with E-state index >= 15 is 0 Å². The van der Waals surface area contributed by atoms with Crippen LogP contribution in [-0.4, -0.2) is 32.9 Å². The molecule has 0 aliphatic rings. The van der Waals surface area contributed by atoms with Crippen LogP contribution in [0, 0.1) is 0 Å². The number of carbonyl (C=O) groups is 1. The van der Waals surface area contributed by atoms with Gasteiger partial charge in [0.15, 0.2) is 0 Å². The van der Waals surface area contributed by atoms with Gasteiger partial charge in [0.25, 0.3) is 0 Å². The Bertz CT molecular complexity index is 1170. The summed E-state index contributed by atoms with van der Waals surface area (Å²) in [4.78, 5) is 19.6. The average molecular weight is 441 g/mol. The molecule has 0 atom stereocenters. The molecule has 5 nitrogen and oxygen atoms in total. The zero-order chi connectivity index (χ0) is 22.3. The lowest BCUT2D eigenvalue weighted by atomic mass is 10.0. The van der Waals surface area contributed by atoms with E-state index in [9.17, 15) is 4.79 Å². The smallest absolute Gasteiger partial charge is 0.237 e. The molecule has 1 amide bonds. The van der Waals surface area contributed by atoms with E-state index in [0.717, 1.165) is 28.2 Å². The first-order valence-corrected chi connectivity index (χ1v) is 11.5. The number of aromatic nitrogens is 3. The van der Waals surface area contributed by atoms with Gasteiger partial charge in [-0.3, -0.25) is 4.79 Å². The molecule has 1 heterocycles. The second kappa shape index (κ2) is 10.2. The van der Waals surface area contributed by atoms with Crippen LogP contribution in [-0.2, 0) is 4.79 Å². The normalized spacial score (nSPS) is 10.8. The maximum atomic E-state index is 13.0. The summed E-state index contributed by atoms with van der Waals surface area (Å²) in [6.07, 6.45) is 0. The molecule has 0 fully saturated rings. The number of nitrogens with zero attached hydrogens (tertiary/aromatic N) is 4. The lowest BCUT2D eigenvalue weighted by Gasteiger charge is -2.26. The second-order valence-corrected chi connectivity index (χ2v) is 8.45. The number of thioether (sulfide) groups is 1. The van der Waals surface area contributed by atoms with Crippen molar-refractivity contribution in [3.8, 4) is 22.5 Å². The predicted molar refractivity (Wildman–Crippen MR) is 130 cm³/mol. The molecule has 0 spiro atoms. The minimum Gasteiger partial charge on any atom is -0.309 e. The van der Waals surface area contributed by atoms with Crippen LogP contribution in [0.2, 0.25) is 0 Å². The molecule has 3 aromatic carbocycles. The lowest BCUT2D eigenvalue weighted by molar-refractivity contribution is -0.116. The molecule has 6 heteroatoms. The standard InChI is InChI=1S/C26H24N4OS/c1-19(2)30(22-16-10-5-11-17-22)23(31)18-32-26-27-24(20-12-6-3-7-13-20)25(28-29-26)21-14-8-4-9-15-21/h3-17,19H,18H2,1-2H3. The number of carbonyl (C=O) groups excluding carboxylic acids is 1. The second-order valence-electron chi connectivity index (χ2n) is 7.51. The minimum atomic E-state index is 0.00759. The van der Waals surface area contributed by atoms with Gasteiger partial charge in [-0.1, -0.05) is 90.6 Å². The quantitative estimate of drug-likeness (QED) is 0.343. The van der Waals surface area contributed by atoms with Crippen molar-refractivity contribution in [2.24, 2.45) is 0 Å². The van der Waals surface area contributed by atoms with E-state index < -0.39 is 0 Å². The summed E-state index contributed by atoms with van der Waals surface area (Å²) in [6, 6.07) is 29.6. The van der Waals surface area contributed by atoms with Crippen LogP contribution in [0.4, 0.5) is 5.69 Å². The average Bonchev–Trinajstić information content (AvgIpc) is 2.84. The van der Waals surface area contributed by atoms with Gasteiger partial charge in [0.05, 0.1) is 5.75 Å². The monoisotopic (exact) mass is 440 g/mol. The van der Waals surface area contributed by atoms with E-state index in [2.05, 4.69) is 10.2 Å². The van der Waals surface area contributed by atoms with Gasteiger partial charge in [0.2, 0.25) is 11.1 Å². The first-order valence-electron chi connectivity index (χ1n) is 10.5. The Morgan fingerprint density at radius 3 is 1.88 bits per heavy atom. The van der Waals surface area contributed by atoms with Crippen molar-refractivity contribution < 1.29 is 4.79 Å². The molecule has 160 valence electrons. The van der Waals surface area contributed by atoms with Crippen molar-refractivity contribution in [3.05, 3.63) is 91.0 Å². The van der Waals surface area contributed by atoms with Crippen molar-refractivity contribution in [2.45, 2.75) is 25.0 Å². The van der Waals surface area contributed by atoms with Gasteiger partial charge < -0.3 is 4.90 Å². The fourth-order valence-corrected chi connectivity index (χ4v) is 4.12. The maximum Gasteiger partial charge on any atom is 0.237 e. The van der Waals surface area contributed by atoms with E-state index in [1.807, 2.05) is 105 Å². The number of para-hydroxylation sites is 1. The van der Waals surface area contributed by atoms with Crippen LogP contribution in [0.3, 0.4) is 0 Å². The molecule has 0 saturated carbocycles. The van der Waals surface area contributed by atoms with Gasteiger partial charge in [-0.25, -0.2) is 4.98 Å². The topological polar surface area (TPSA) is 59.0 Å². The third-order valence-electron chi connectivity index (χ3n) is 4.91. The molecule has 1 aromatic heterocycles. The highest BCUT2D eigenvalue weighted by atomic mass is 32.2. The van der Waals surface area contributed by atoms with E-state index in [1.165, 1.54) is 11.8 Å². The van der Waals surface area contributed by atoms with Crippen LogP contribution in [0.25, 0.3) is 22.5 Å². The summed E-state index contributed by atoms with van der Waals surface area (Å²) in [5.41, 5.74) is 4.28. The van der Waals surface area contributed by atoms with Crippen molar-refractivity contribution in [3.63, 3.8) is 0 Å². The third kappa shape index (κ3) is 5.03.